The highest BCUT2D eigenvalue weighted by Gasteiger charge is 2.01. The van der Waals surface area contributed by atoms with E-state index < -0.39 is 0 Å². The summed E-state index contributed by atoms with van der Waals surface area (Å²) >= 11 is 0. The smallest absolute Gasteiger partial charge is 0.120 e. The first-order valence-corrected chi connectivity index (χ1v) is 4.13. The highest BCUT2D eigenvalue weighted by molar-refractivity contribution is 5.49. The van der Waals surface area contributed by atoms with Crippen LogP contribution in [0.4, 0.5) is 0 Å². The van der Waals surface area contributed by atoms with Gasteiger partial charge in [0, 0.05) is 6.42 Å². The Morgan fingerprint density at radius 3 is 2.64 bits per heavy atom. The highest BCUT2D eigenvalue weighted by Crippen LogP contribution is 2.04. The fourth-order valence-electron chi connectivity index (χ4n) is 0.929. The van der Waals surface area contributed by atoms with Crippen LogP contribution in [0.25, 0.3) is 0 Å². The molecule has 0 heterocycles. The van der Waals surface area contributed by atoms with Crippen molar-refractivity contribution >= 4 is 6.29 Å². The van der Waals surface area contributed by atoms with Gasteiger partial charge in [0.2, 0.25) is 0 Å². The number of carbonyl (C=O) groups is 1. The monoisotopic (exact) mass is 159 g/mol. The topological polar surface area (TPSA) is 63.3 Å². The number of unbranched alkanes of at least 4 members (excludes halogenated alkanes) is 1. The number of nitrogens with two attached hydrogens (primary N) is 1. The second-order valence-corrected chi connectivity index (χ2v) is 2.68. The molecule has 0 aliphatic heterocycles. The molecule has 3 heteroatoms. The number of hydrogen-bond acceptors (Lipinski definition) is 3. The first-order valence-electron chi connectivity index (χ1n) is 4.13. The van der Waals surface area contributed by atoms with E-state index in [-0.39, 0.29) is 6.10 Å². The molecule has 0 rings (SSSR count). The summed E-state index contributed by atoms with van der Waals surface area (Å²) < 4.78 is 0. The van der Waals surface area contributed by atoms with E-state index in [0.717, 1.165) is 25.5 Å². The molecule has 0 aliphatic rings. The minimum atomic E-state index is -0.313. The molecule has 0 aromatic carbocycles. The van der Waals surface area contributed by atoms with E-state index in [1.54, 1.807) is 0 Å². The molecule has 66 valence electrons. The van der Waals surface area contributed by atoms with E-state index in [9.17, 15) is 9.90 Å². The third kappa shape index (κ3) is 7.49. The van der Waals surface area contributed by atoms with Gasteiger partial charge in [-0.15, -0.1) is 0 Å². The minimum Gasteiger partial charge on any atom is -0.393 e. The van der Waals surface area contributed by atoms with Crippen LogP contribution in [0.2, 0.25) is 0 Å². The van der Waals surface area contributed by atoms with Gasteiger partial charge in [-0.25, -0.2) is 0 Å². The Bertz CT molecular complexity index is 96.1. The molecule has 11 heavy (non-hydrogen) atoms. The normalized spacial score (nSPS) is 12.9. The molecule has 0 bridgehead atoms. The average Bonchev–Trinajstić information content (AvgIpc) is 2.01. The van der Waals surface area contributed by atoms with Crippen molar-refractivity contribution in [3.05, 3.63) is 0 Å². The molecule has 3 nitrogen and oxygen atoms in total. The highest BCUT2D eigenvalue weighted by atomic mass is 16.3. The molecule has 0 aromatic rings. The van der Waals surface area contributed by atoms with E-state index in [2.05, 4.69) is 0 Å². The maximum Gasteiger partial charge on any atom is 0.120 e. The summed E-state index contributed by atoms with van der Waals surface area (Å²) in [5, 5.41) is 9.21. The third-order valence-electron chi connectivity index (χ3n) is 1.61. The lowest BCUT2D eigenvalue weighted by Gasteiger charge is -2.06. The molecule has 0 saturated heterocycles. The van der Waals surface area contributed by atoms with Crippen molar-refractivity contribution in [2.75, 3.05) is 6.54 Å². The SMILES string of the molecule is NCCCCC(O)CCC=O. The van der Waals surface area contributed by atoms with Gasteiger partial charge >= 0.3 is 0 Å². The van der Waals surface area contributed by atoms with Crippen molar-refractivity contribution in [3.63, 3.8) is 0 Å². The average molecular weight is 159 g/mol. The summed E-state index contributed by atoms with van der Waals surface area (Å²) in [6.07, 6.45) is 4.26. The molecule has 0 saturated carbocycles. The number of aldehydes is 1. The first kappa shape index (κ1) is 10.6. The Morgan fingerprint density at radius 1 is 1.36 bits per heavy atom. The van der Waals surface area contributed by atoms with Crippen molar-refractivity contribution in [2.24, 2.45) is 5.73 Å². The lowest BCUT2D eigenvalue weighted by atomic mass is 10.1. The van der Waals surface area contributed by atoms with Gasteiger partial charge in [-0.1, -0.05) is 0 Å². The van der Waals surface area contributed by atoms with Crippen molar-refractivity contribution in [1.82, 2.24) is 0 Å². The van der Waals surface area contributed by atoms with Gasteiger partial charge in [-0.05, 0) is 32.2 Å². The van der Waals surface area contributed by atoms with E-state index >= 15 is 0 Å². The zero-order valence-corrected chi connectivity index (χ0v) is 6.83. The largest absolute Gasteiger partial charge is 0.393 e. The minimum absolute atomic E-state index is 0.313. The lowest BCUT2D eigenvalue weighted by Crippen LogP contribution is -2.07. The number of aliphatic hydroxyl groups excluding tert-OH is 1. The van der Waals surface area contributed by atoms with Crippen LogP contribution in [0.15, 0.2) is 0 Å². The van der Waals surface area contributed by atoms with Gasteiger partial charge in [-0.3, -0.25) is 0 Å². The van der Waals surface area contributed by atoms with Gasteiger partial charge in [0.15, 0.2) is 0 Å². The van der Waals surface area contributed by atoms with Crippen LogP contribution in [-0.4, -0.2) is 24.0 Å². The summed E-state index contributed by atoms with van der Waals surface area (Å²) in [6, 6.07) is 0. The van der Waals surface area contributed by atoms with Crippen LogP contribution in [0.1, 0.15) is 32.1 Å². The van der Waals surface area contributed by atoms with Crippen molar-refractivity contribution in [2.45, 2.75) is 38.2 Å². The number of aliphatic hydroxyl groups is 1. The second-order valence-electron chi connectivity index (χ2n) is 2.68. The molecular weight excluding hydrogens is 142 g/mol. The summed E-state index contributed by atoms with van der Waals surface area (Å²) in [5.41, 5.74) is 5.28. The number of carbonyl (C=O) groups excluding carboxylic acids is 1. The molecule has 1 atom stereocenters. The maximum absolute atomic E-state index is 9.91. The standard InChI is InChI=1S/C8H17NO2/c9-6-2-1-4-8(11)5-3-7-10/h7-8,11H,1-6,9H2. The van der Waals surface area contributed by atoms with Crippen LogP contribution in [-0.2, 0) is 4.79 Å². The van der Waals surface area contributed by atoms with Crippen LogP contribution in [0.5, 0.6) is 0 Å². The fraction of sp³-hybridized carbons (Fsp3) is 0.875. The molecule has 0 amide bonds. The van der Waals surface area contributed by atoms with Crippen LogP contribution in [0, 0.1) is 0 Å². The summed E-state index contributed by atoms with van der Waals surface area (Å²) in [6.45, 7) is 0.681. The predicted octanol–water partition coefficient (Wildman–Crippen LogP) is 0.455. The molecule has 0 aromatic heterocycles. The lowest BCUT2D eigenvalue weighted by molar-refractivity contribution is -0.108. The Kier molecular flexibility index (Phi) is 7.41. The van der Waals surface area contributed by atoms with Crippen molar-refractivity contribution < 1.29 is 9.90 Å². The van der Waals surface area contributed by atoms with E-state index in [1.165, 1.54) is 0 Å². The second kappa shape index (κ2) is 7.69. The number of hydrogen-bond donors (Lipinski definition) is 2. The van der Waals surface area contributed by atoms with E-state index in [4.69, 9.17) is 5.73 Å². The molecule has 3 N–H and O–H groups in total. The summed E-state index contributed by atoms with van der Waals surface area (Å²) in [7, 11) is 0. The number of rotatable bonds is 7. The zero-order chi connectivity index (χ0) is 8.53. The van der Waals surface area contributed by atoms with Crippen LogP contribution >= 0.6 is 0 Å². The summed E-state index contributed by atoms with van der Waals surface area (Å²) in [5.74, 6) is 0. The molecule has 0 spiro atoms. The quantitative estimate of drug-likeness (QED) is 0.419. The molecule has 0 radical (unpaired) electrons. The Balaban J connectivity index is 3.08. The van der Waals surface area contributed by atoms with Gasteiger partial charge in [0.05, 0.1) is 6.10 Å². The Hall–Kier alpha value is -0.410. The van der Waals surface area contributed by atoms with Crippen LogP contribution in [0.3, 0.4) is 0 Å². The predicted molar refractivity (Wildman–Crippen MR) is 44.2 cm³/mol. The van der Waals surface area contributed by atoms with Gasteiger partial charge in [-0.2, -0.15) is 0 Å². The molecule has 1 unspecified atom stereocenters. The van der Waals surface area contributed by atoms with E-state index in [1.807, 2.05) is 0 Å². The summed E-state index contributed by atoms with van der Waals surface area (Å²) in [4.78, 5) is 9.91. The van der Waals surface area contributed by atoms with Crippen molar-refractivity contribution in [3.8, 4) is 0 Å². The van der Waals surface area contributed by atoms with Crippen molar-refractivity contribution in [1.29, 1.82) is 0 Å². The van der Waals surface area contributed by atoms with Gasteiger partial charge in [0.1, 0.15) is 6.29 Å². The van der Waals surface area contributed by atoms with E-state index in [0.29, 0.717) is 19.4 Å². The molecular formula is C8H17NO2. The molecule has 0 fully saturated rings. The zero-order valence-electron chi connectivity index (χ0n) is 6.83. The Morgan fingerprint density at radius 2 is 2.09 bits per heavy atom. The van der Waals surface area contributed by atoms with Gasteiger partial charge in [0.25, 0.3) is 0 Å². The Labute approximate surface area is 67.6 Å². The van der Waals surface area contributed by atoms with Crippen LogP contribution < -0.4 is 5.73 Å². The van der Waals surface area contributed by atoms with Gasteiger partial charge < -0.3 is 15.6 Å². The molecule has 0 aliphatic carbocycles. The maximum atomic E-state index is 9.91. The fourth-order valence-corrected chi connectivity index (χ4v) is 0.929. The third-order valence-corrected chi connectivity index (χ3v) is 1.61. The first-order chi connectivity index (χ1) is 5.31.